The molecule has 98 valence electrons. The second-order valence-electron chi connectivity index (χ2n) is 4.26. The van der Waals surface area contributed by atoms with E-state index in [-0.39, 0.29) is 12.1 Å². The van der Waals surface area contributed by atoms with Gasteiger partial charge in [-0.1, -0.05) is 12.1 Å². The molecule has 2 amide bonds. The summed E-state index contributed by atoms with van der Waals surface area (Å²) in [6, 6.07) is 7.78. The molecule has 0 bridgehead atoms. The minimum atomic E-state index is -0.0494. The largest absolute Gasteiger partial charge is 0.375 e. The van der Waals surface area contributed by atoms with Crippen LogP contribution in [0.4, 0.5) is 10.5 Å². The highest BCUT2D eigenvalue weighted by atomic mass is 32.2. The molecule has 1 saturated heterocycles. The van der Waals surface area contributed by atoms with Crippen molar-refractivity contribution in [2.24, 2.45) is 0 Å². The van der Waals surface area contributed by atoms with E-state index in [1.165, 1.54) is 0 Å². The number of benzene rings is 1. The van der Waals surface area contributed by atoms with Gasteiger partial charge in [0, 0.05) is 18.0 Å². The molecule has 1 N–H and O–H groups in total. The van der Waals surface area contributed by atoms with Crippen LogP contribution in [0.25, 0.3) is 0 Å². The van der Waals surface area contributed by atoms with E-state index in [4.69, 9.17) is 4.74 Å². The molecule has 1 atom stereocenters. The summed E-state index contributed by atoms with van der Waals surface area (Å²) in [6.45, 7) is 3.89. The van der Waals surface area contributed by atoms with Crippen LogP contribution in [0, 0.1) is 0 Å². The minimum absolute atomic E-state index is 0.0494. The predicted molar refractivity (Wildman–Crippen MR) is 74.2 cm³/mol. The van der Waals surface area contributed by atoms with Crippen molar-refractivity contribution >= 4 is 23.5 Å². The molecule has 1 aliphatic heterocycles. The van der Waals surface area contributed by atoms with Crippen LogP contribution in [-0.2, 0) is 4.74 Å². The molecule has 1 fully saturated rings. The van der Waals surface area contributed by atoms with Gasteiger partial charge in [-0.2, -0.15) is 0 Å². The Morgan fingerprint density at radius 2 is 2.28 bits per heavy atom. The van der Waals surface area contributed by atoms with Crippen molar-refractivity contribution in [3.8, 4) is 0 Å². The maximum absolute atomic E-state index is 12.1. The van der Waals surface area contributed by atoms with Gasteiger partial charge >= 0.3 is 6.03 Å². The van der Waals surface area contributed by atoms with Crippen LogP contribution in [0.1, 0.15) is 6.92 Å². The van der Waals surface area contributed by atoms with Crippen molar-refractivity contribution in [2.75, 3.05) is 31.3 Å². The zero-order valence-corrected chi connectivity index (χ0v) is 11.5. The highest BCUT2D eigenvalue weighted by Crippen LogP contribution is 2.24. The second-order valence-corrected chi connectivity index (χ2v) is 5.11. The molecule has 0 aliphatic carbocycles. The summed E-state index contributed by atoms with van der Waals surface area (Å²) in [5.41, 5.74) is 0.870. The SMILES string of the molecule is CSc1ccccc1NC(=O)N1CCO[C@H](C)C1. The summed E-state index contributed by atoms with van der Waals surface area (Å²) >= 11 is 1.63. The number of ether oxygens (including phenoxy) is 1. The topological polar surface area (TPSA) is 41.6 Å². The summed E-state index contributed by atoms with van der Waals surface area (Å²) < 4.78 is 5.43. The number of carbonyl (C=O) groups excluding carboxylic acids is 1. The second kappa shape index (κ2) is 6.11. The van der Waals surface area contributed by atoms with Gasteiger partial charge in [-0.3, -0.25) is 0 Å². The number of carbonyl (C=O) groups is 1. The number of morpholine rings is 1. The molecular weight excluding hydrogens is 248 g/mol. The highest BCUT2D eigenvalue weighted by molar-refractivity contribution is 7.98. The van der Waals surface area contributed by atoms with Crippen molar-refractivity contribution < 1.29 is 9.53 Å². The molecule has 0 saturated carbocycles. The third-order valence-electron chi connectivity index (χ3n) is 2.88. The van der Waals surface area contributed by atoms with E-state index in [0.717, 1.165) is 10.6 Å². The van der Waals surface area contributed by atoms with Gasteiger partial charge in [0.2, 0.25) is 0 Å². The van der Waals surface area contributed by atoms with Crippen molar-refractivity contribution in [2.45, 2.75) is 17.9 Å². The number of hydrogen-bond acceptors (Lipinski definition) is 3. The Bertz CT molecular complexity index is 425. The fraction of sp³-hybridized carbons (Fsp3) is 0.462. The third-order valence-corrected chi connectivity index (χ3v) is 3.67. The molecule has 18 heavy (non-hydrogen) atoms. The molecule has 2 rings (SSSR count). The molecule has 1 aliphatic rings. The first-order valence-corrected chi connectivity index (χ1v) is 7.23. The van der Waals surface area contributed by atoms with Crippen LogP contribution in [0.15, 0.2) is 29.2 Å². The van der Waals surface area contributed by atoms with E-state index >= 15 is 0 Å². The lowest BCUT2D eigenvalue weighted by Gasteiger charge is -2.31. The molecule has 5 heteroatoms. The summed E-state index contributed by atoms with van der Waals surface area (Å²) in [7, 11) is 0. The van der Waals surface area contributed by atoms with Crippen molar-refractivity contribution in [1.29, 1.82) is 0 Å². The summed E-state index contributed by atoms with van der Waals surface area (Å²) in [5.74, 6) is 0. The van der Waals surface area contributed by atoms with Crippen LogP contribution in [0.3, 0.4) is 0 Å². The van der Waals surface area contributed by atoms with E-state index in [9.17, 15) is 4.79 Å². The quantitative estimate of drug-likeness (QED) is 0.837. The number of anilines is 1. The highest BCUT2D eigenvalue weighted by Gasteiger charge is 2.21. The van der Waals surface area contributed by atoms with Gasteiger partial charge in [-0.15, -0.1) is 11.8 Å². The molecule has 0 radical (unpaired) electrons. The lowest BCUT2D eigenvalue weighted by atomic mass is 10.3. The number of thioether (sulfide) groups is 1. The van der Waals surface area contributed by atoms with Crippen LogP contribution >= 0.6 is 11.8 Å². The van der Waals surface area contributed by atoms with E-state index in [2.05, 4.69) is 5.32 Å². The summed E-state index contributed by atoms with van der Waals surface area (Å²) in [6.07, 6.45) is 2.11. The van der Waals surface area contributed by atoms with Crippen LogP contribution in [0.2, 0.25) is 0 Å². The molecule has 0 unspecified atom stereocenters. The molecule has 1 aromatic rings. The number of hydrogen-bond donors (Lipinski definition) is 1. The van der Waals surface area contributed by atoms with Crippen molar-refractivity contribution in [3.05, 3.63) is 24.3 Å². The Kier molecular flexibility index (Phi) is 4.49. The standard InChI is InChI=1S/C13H18N2O2S/c1-10-9-15(7-8-17-10)13(16)14-11-5-3-4-6-12(11)18-2/h3-6,10H,7-9H2,1-2H3,(H,14,16)/t10-/m1/s1. The Labute approximate surface area is 112 Å². The Morgan fingerprint density at radius 1 is 1.50 bits per heavy atom. The zero-order valence-electron chi connectivity index (χ0n) is 10.7. The fourth-order valence-electron chi connectivity index (χ4n) is 1.95. The first-order valence-electron chi connectivity index (χ1n) is 6.01. The number of amides is 2. The maximum atomic E-state index is 12.1. The van der Waals surface area contributed by atoms with E-state index < -0.39 is 0 Å². The van der Waals surface area contributed by atoms with E-state index in [1.54, 1.807) is 16.7 Å². The van der Waals surface area contributed by atoms with Gasteiger partial charge in [0.25, 0.3) is 0 Å². The average molecular weight is 266 g/mol. The van der Waals surface area contributed by atoms with Crippen LogP contribution in [0.5, 0.6) is 0 Å². The molecular formula is C13H18N2O2S. The van der Waals surface area contributed by atoms with Crippen molar-refractivity contribution in [3.63, 3.8) is 0 Å². The van der Waals surface area contributed by atoms with Gasteiger partial charge in [0.1, 0.15) is 0 Å². The van der Waals surface area contributed by atoms with Crippen molar-refractivity contribution in [1.82, 2.24) is 4.90 Å². The number of nitrogens with one attached hydrogen (secondary N) is 1. The lowest BCUT2D eigenvalue weighted by molar-refractivity contribution is -0.00139. The van der Waals surface area contributed by atoms with Crippen LogP contribution in [-0.4, -0.2) is 43.0 Å². The van der Waals surface area contributed by atoms with Crippen LogP contribution < -0.4 is 5.32 Å². The lowest BCUT2D eigenvalue weighted by Crippen LogP contribution is -2.46. The fourth-order valence-corrected chi connectivity index (χ4v) is 2.50. The van der Waals surface area contributed by atoms with Gasteiger partial charge in [0.15, 0.2) is 0 Å². The molecule has 0 spiro atoms. The molecule has 1 aromatic carbocycles. The Balaban J connectivity index is 2.02. The van der Waals surface area contributed by atoms with E-state index in [0.29, 0.717) is 19.7 Å². The summed E-state index contributed by atoms with van der Waals surface area (Å²) in [5, 5.41) is 2.96. The van der Waals surface area contributed by atoms with E-state index in [1.807, 2.05) is 37.4 Å². The Hall–Kier alpha value is -1.20. The zero-order chi connectivity index (χ0) is 13.0. The number of urea groups is 1. The monoisotopic (exact) mass is 266 g/mol. The third kappa shape index (κ3) is 3.17. The minimum Gasteiger partial charge on any atom is -0.375 e. The first-order chi connectivity index (χ1) is 8.70. The molecule has 1 heterocycles. The van der Waals surface area contributed by atoms with Gasteiger partial charge in [-0.05, 0) is 25.3 Å². The van der Waals surface area contributed by atoms with Gasteiger partial charge < -0.3 is 15.0 Å². The molecule has 0 aromatic heterocycles. The smallest absolute Gasteiger partial charge is 0.322 e. The first kappa shape index (κ1) is 13.2. The van der Waals surface area contributed by atoms with Gasteiger partial charge in [-0.25, -0.2) is 4.79 Å². The van der Waals surface area contributed by atoms with Gasteiger partial charge in [0.05, 0.1) is 18.4 Å². The number of para-hydroxylation sites is 1. The maximum Gasteiger partial charge on any atom is 0.322 e. The number of rotatable bonds is 2. The average Bonchev–Trinajstić information content (AvgIpc) is 2.39. The molecule has 4 nitrogen and oxygen atoms in total. The number of nitrogens with zero attached hydrogens (tertiary/aromatic N) is 1. The Morgan fingerprint density at radius 3 is 3.00 bits per heavy atom. The predicted octanol–water partition coefficient (Wildman–Crippen LogP) is 2.66. The normalized spacial score (nSPS) is 19.7. The summed E-state index contributed by atoms with van der Waals surface area (Å²) in [4.78, 5) is 15.0.